The van der Waals surface area contributed by atoms with Crippen LogP contribution in [0.4, 0.5) is 0 Å². The van der Waals surface area contributed by atoms with Gasteiger partial charge in [-0.3, -0.25) is 4.79 Å². The van der Waals surface area contributed by atoms with Crippen LogP contribution in [0.1, 0.15) is 24.8 Å². The first-order valence-electron chi connectivity index (χ1n) is 6.18. The molecule has 0 spiro atoms. The molecule has 1 aromatic carbocycles. The van der Waals surface area contributed by atoms with Crippen molar-refractivity contribution in [1.82, 2.24) is 5.32 Å². The Hall–Kier alpha value is -1.22. The van der Waals surface area contributed by atoms with Gasteiger partial charge in [0.05, 0.1) is 7.11 Å². The van der Waals surface area contributed by atoms with E-state index >= 15 is 0 Å². The van der Waals surface area contributed by atoms with Crippen LogP contribution in [0.25, 0.3) is 0 Å². The molecule has 0 bridgehead atoms. The third kappa shape index (κ3) is 2.46. The molecule has 3 nitrogen and oxygen atoms in total. The molecule has 1 saturated carbocycles. The Morgan fingerprint density at radius 3 is 2.72 bits per heavy atom. The van der Waals surface area contributed by atoms with E-state index in [-0.39, 0.29) is 17.2 Å². The molecule has 1 aliphatic rings. The molecule has 1 aromatic rings. The summed E-state index contributed by atoms with van der Waals surface area (Å²) in [5, 5.41) is 2.90. The quantitative estimate of drug-likeness (QED) is 0.833. The molecule has 0 atom stereocenters. The molecule has 0 radical (unpaired) electrons. The lowest BCUT2D eigenvalue weighted by molar-refractivity contribution is -0.119. The third-order valence-electron chi connectivity index (χ3n) is 3.73. The van der Waals surface area contributed by atoms with Gasteiger partial charge >= 0.3 is 0 Å². The molecule has 0 saturated heterocycles. The number of methoxy groups -OCH3 is 1. The predicted molar refractivity (Wildman–Crippen MR) is 72.3 cm³/mol. The minimum absolute atomic E-state index is 0.0159. The van der Waals surface area contributed by atoms with Crippen molar-refractivity contribution in [1.29, 1.82) is 0 Å². The maximum Gasteiger partial charge on any atom is 0.234 e. The summed E-state index contributed by atoms with van der Waals surface area (Å²) in [7, 11) is 1.68. The van der Waals surface area contributed by atoms with Crippen LogP contribution in [0.2, 0.25) is 0 Å². The van der Waals surface area contributed by atoms with E-state index in [1.807, 2.05) is 18.2 Å². The molecule has 98 valence electrons. The molecule has 0 aromatic heterocycles. The predicted octanol–water partition coefficient (Wildman–Crippen LogP) is 2.47. The molecular weight excluding hydrogens is 250 g/mol. The summed E-state index contributed by atoms with van der Waals surface area (Å²) in [6, 6.07) is 8.04. The highest BCUT2D eigenvalue weighted by Gasteiger charge is 2.40. The summed E-state index contributed by atoms with van der Waals surface area (Å²) in [6.45, 7) is 0.638. The van der Waals surface area contributed by atoms with Crippen molar-refractivity contribution in [2.24, 2.45) is 0 Å². The zero-order valence-corrected chi connectivity index (χ0v) is 11.3. The Balaban J connectivity index is 2.18. The maximum absolute atomic E-state index is 11.3. The van der Waals surface area contributed by atoms with Gasteiger partial charge in [-0.25, -0.2) is 0 Å². The van der Waals surface area contributed by atoms with Crippen LogP contribution in [-0.4, -0.2) is 25.4 Å². The van der Waals surface area contributed by atoms with E-state index in [9.17, 15) is 4.79 Å². The second-order valence-corrected chi connectivity index (χ2v) is 5.01. The van der Waals surface area contributed by atoms with Crippen molar-refractivity contribution < 1.29 is 9.53 Å². The van der Waals surface area contributed by atoms with Gasteiger partial charge in [-0.05, 0) is 18.9 Å². The molecule has 1 aliphatic carbocycles. The summed E-state index contributed by atoms with van der Waals surface area (Å²) >= 11 is 5.51. The second-order valence-electron chi connectivity index (χ2n) is 4.74. The van der Waals surface area contributed by atoms with Crippen LogP contribution in [0.5, 0.6) is 5.75 Å². The van der Waals surface area contributed by atoms with E-state index in [0.29, 0.717) is 6.54 Å². The standard InChI is InChI=1S/C14H18ClNO2/c1-18-12-6-3-2-5-11(12)14(7-4-8-14)10-16-13(17)9-15/h2-3,5-6H,4,7-10H2,1H3,(H,16,17). The molecule has 18 heavy (non-hydrogen) atoms. The molecule has 4 heteroatoms. The van der Waals surface area contributed by atoms with Gasteiger partial charge in [0, 0.05) is 17.5 Å². The SMILES string of the molecule is COc1ccccc1C1(CNC(=O)CCl)CCC1. The molecule has 0 aliphatic heterocycles. The molecule has 1 amide bonds. The van der Waals surface area contributed by atoms with Crippen molar-refractivity contribution in [2.45, 2.75) is 24.7 Å². The van der Waals surface area contributed by atoms with Crippen LogP contribution in [0, 0.1) is 0 Å². The fourth-order valence-electron chi connectivity index (χ4n) is 2.54. The Bertz CT molecular complexity index is 430. The first kappa shape index (κ1) is 13.2. The molecule has 1 fully saturated rings. The van der Waals surface area contributed by atoms with Crippen molar-refractivity contribution in [3.8, 4) is 5.75 Å². The largest absolute Gasteiger partial charge is 0.496 e. The summed E-state index contributed by atoms with van der Waals surface area (Å²) in [6.07, 6.45) is 3.35. The molecular formula is C14H18ClNO2. The van der Waals surface area contributed by atoms with Gasteiger partial charge in [0.1, 0.15) is 11.6 Å². The van der Waals surface area contributed by atoms with E-state index in [0.717, 1.165) is 18.6 Å². The topological polar surface area (TPSA) is 38.3 Å². The Morgan fingerprint density at radius 2 is 2.17 bits per heavy atom. The molecule has 1 N–H and O–H groups in total. The van der Waals surface area contributed by atoms with Crippen LogP contribution in [0.15, 0.2) is 24.3 Å². The van der Waals surface area contributed by atoms with Gasteiger partial charge in [-0.1, -0.05) is 24.6 Å². The normalized spacial score (nSPS) is 16.8. The minimum Gasteiger partial charge on any atom is -0.496 e. The Morgan fingerprint density at radius 1 is 1.44 bits per heavy atom. The van der Waals surface area contributed by atoms with Crippen molar-refractivity contribution in [3.63, 3.8) is 0 Å². The first-order chi connectivity index (χ1) is 8.72. The number of carbonyl (C=O) groups excluding carboxylic acids is 1. The van der Waals surface area contributed by atoms with Crippen LogP contribution < -0.4 is 10.1 Å². The van der Waals surface area contributed by atoms with Crippen molar-refractivity contribution in [2.75, 3.05) is 19.5 Å². The number of nitrogens with one attached hydrogen (secondary N) is 1. The lowest BCUT2D eigenvalue weighted by Crippen LogP contribution is -2.46. The van der Waals surface area contributed by atoms with Crippen LogP contribution in [0.3, 0.4) is 0 Å². The smallest absolute Gasteiger partial charge is 0.234 e. The van der Waals surface area contributed by atoms with E-state index in [2.05, 4.69) is 11.4 Å². The molecule has 2 rings (SSSR count). The number of hydrogen-bond donors (Lipinski definition) is 1. The van der Waals surface area contributed by atoms with Gasteiger partial charge in [-0.2, -0.15) is 0 Å². The zero-order chi connectivity index (χ0) is 13.0. The van der Waals surface area contributed by atoms with Crippen molar-refractivity contribution >= 4 is 17.5 Å². The minimum atomic E-state index is -0.113. The van der Waals surface area contributed by atoms with Crippen LogP contribution in [-0.2, 0) is 10.2 Å². The van der Waals surface area contributed by atoms with E-state index in [4.69, 9.17) is 16.3 Å². The Labute approximate surface area is 112 Å². The number of alkyl halides is 1. The summed E-state index contributed by atoms with van der Waals surface area (Å²) < 4.78 is 5.42. The number of carbonyl (C=O) groups is 1. The highest BCUT2D eigenvalue weighted by molar-refractivity contribution is 6.27. The van der Waals surface area contributed by atoms with Gasteiger partial charge in [-0.15, -0.1) is 11.6 Å². The number of rotatable bonds is 5. The molecule has 0 unspecified atom stereocenters. The summed E-state index contributed by atoms with van der Waals surface area (Å²) in [5.74, 6) is 0.803. The number of amides is 1. The first-order valence-corrected chi connectivity index (χ1v) is 6.71. The van der Waals surface area contributed by atoms with E-state index in [1.165, 1.54) is 12.0 Å². The fraction of sp³-hybridized carbons (Fsp3) is 0.500. The maximum atomic E-state index is 11.3. The summed E-state index contributed by atoms with van der Waals surface area (Å²) in [5.41, 5.74) is 1.21. The second kappa shape index (κ2) is 5.61. The zero-order valence-electron chi connectivity index (χ0n) is 10.5. The number of para-hydroxylation sites is 1. The van der Waals surface area contributed by atoms with Gasteiger partial charge in [0.25, 0.3) is 0 Å². The lowest BCUT2D eigenvalue weighted by atomic mass is 9.64. The third-order valence-corrected chi connectivity index (χ3v) is 3.98. The number of hydrogen-bond acceptors (Lipinski definition) is 2. The number of halogens is 1. The van der Waals surface area contributed by atoms with Gasteiger partial charge in [0.15, 0.2) is 0 Å². The average molecular weight is 268 g/mol. The monoisotopic (exact) mass is 267 g/mol. The van der Waals surface area contributed by atoms with Gasteiger partial charge < -0.3 is 10.1 Å². The lowest BCUT2D eigenvalue weighted by Gasteiger charge is -2.43. The highest BCUT2D eigenvalue weighted by Crippen LogP contribution is 2.46. The number of ether oxygens (including phenoxy) is 1. The van der Waals surface area contributed by atoms with E-state index in [1.54, 1.807) is 7.11 Å². The van der Waals surface area contributed by atoms with Gasteiger partial charge in [0.2, 0.25) is 5.91 Å². The number of benzene rings is 1. The fourth-order valence-corrected chi connectivity index (χ4v) is 2.64. The summed E-state index contributed by atoms with van der Waals surface area (Å²) in [4.78, 5) is 11.3. The Kier molecular flexibility index (Phi) is 4.12. The van der Waals surface area contributed by atoms with Crippen molar-refractivity contribution in [3.05, 3.63) is 29.8 Å². The average Bonchev–Trinajstić information content (AvgIpc) is 2.37. The van der Waals surface area contributed by atoms with E-state index < -0.39 is 0 Å². The van der Waals surface area contributed by atoms with Crippen LogP contribution >= 0.6 is 11.6 Å². The molecule has 0 heterocycles. The highest BCUT2D eigenvalue weighted by atomic mass is 35.5.